The van der Waals surface area contributed by atoms with E-state index in [0.717, 1.165) is 26.6 Å². The van der Waals surface area contributed by atoms with Gasteiger partial charge in [0.05, 0.1) is 15.9 Å². The molecule has 20 heavy (non-hydrogen) atoms. The fourth-order valence-electron chi connectivity index (χ4n) is 1.83. The van der Waals surface area contributed by atoms with Gasteiger partial charge in [-0.05, 0) is 36.8 Å². The maximum atomic E-state index is 5.97. The Morgan fingerprint density at radius 1 is 1.20 bits per heavy atom. The zero-order valence-corrected chi connectivity index (χ0v) is 12.4. The standard InChI is InChI=1S/C15H12ClN3S/c1-10(11-5-4-6-12(16)9-11)18-19-15-17-13-7-2-3-8-14(13)20-15/h2-9H,1H3,(H,17,19)/b18-10-. The van der Waals surface area contributed by atoms with Crippen molar-refractivity contribution >= 4 is 44.0 Å². The molecule has 0 bridgehead atoms. The van der Waals surface area contributed by atoms with E-state index in [1.807, 2.05) is 55.5 Å². The van der Waals surface area contributed by atoms with E-state index in [4.69, 9.17) is 11.6 Å². The maximum absolute atomic E-state index is 5.97. The molecule has 5 heteroatoms. The zero-order chi connectivity index (χ0) is 13.9. The molecule has 0 saturated heterocycles. The van der Waals surface area contributed by atoms with Crippen molar-refractivity contribution in [2.75, 3.05) is 5.43 Å². The SMILES string of the molecule is C/C(=N/Nc1nc2ccccc2s1)c1cccc(Cl)c1. The number of rotatable bonds is 3. The Labute approximate surface area is 125 Å². The van der Waals surface area contributed by atoms with Gasteiger partial charge in [0.15, 0.2) is 0 Å². The van der Waals surface area contributed by atoms with Gasteiger partial charge in [-0.15, -0.1) is 0 Å². The second kappa shape index (κ2) is 5.61. The van der Waals surface area contributed by atoms with Crippen LogP contribution in [0.1, 0.15) is 12.5 Å². The van der Waals surface area contributed by atoms with Crippen LogP contribution in [0.25, 0.3) is 10.2 Å². The summed E-state index contributed by atoms with van der Waals surface area (Å²) in [6.07, 6.45) is 0. The molecule has 1 heterocycles. The highest BCUT2D eigenvalue weighted by atomic mass is 35.5. The van der Waals surface area contributed by atoms with E-state index in [1.54, 1.807) is 11.3 Å². The van der Waals surface area contributed by atoms with Crippen LogP contribution in [0.4, 0.5) is 5.13 Å². The molecule has 0 unspecified atom stereocenters. The van der Waals surface area contributed by atoms with Crippen molar-refractivity contribution in [1.29, 1.82) is 0 Å². The van der Waals surface area contributed by atoms with E-state index in [2.05, 4.69) is 15.5 Å². The first-order valence-corrected chi connectivity index (χ1v) is 7.33. The van der Waals surface area contributed by atoms with Crippen LogP contribution in [0, 0.1) is 0 Å². The van der Waals surface area contributed by atoms with Crippen LogP contribution in [0.3, 0.4) is 0 Å². The second-order valence-electron chi connectivity index (χ2n) is 4.31. The van der Waals surface area contributed by atoms with E-state index in [9.17, 15) is 0 Å². The average Bonchev–Trinajstić information content (AvgIpc) is 2.87. The number of hydrazone groups is 1. The van der Waals surface area contributed by atoms with Gasteiger partial charge < -0.3 is 0 Å². The number of nitrogens with zero attached hydrogens (tertiary/aromatic N) is 2. The van der Waals surface area contributed by atoms with E-state index >= 15 is 0 Å². The van der Waals surface area contributed by atoms with Crippen LogP contribution in [-0.2, 0) is 0 Å². The third-order valence-corrected chi connectivity index (χ3v) is 4.03. The lowest BCUT2D eigenvalue weighted by molar-refractivity contribution is 1.29. The number of halogens is 1. The van der Waals surface area contributed by atoms with Crippen molar-refractivity contribution in [3.8, 4) is 0 Å². The molecule has 0 spiro atoms. The molecule has 0 amide bonds. The fraction of sp³-hybridized carbons (Fsp3) is 0.0667. The summed E-state index contributed by atoms with van der Waals surface area (Å²) < 4.78 is 1.14. The van der Waals surface area contributed by atoms with Crippen LogP contribution in [-0.4, -0.2) is 10.7 Å². The summed E-state index contributed by atoms with van der Waals surface area (Å²) in [6.45, 7) is 1.94. The molecule has 3 aromatic rings. The third-order valence-electron chi connectivity index (χ3n) is 2.86. The van der Waals surface area contributed by atoms with Crippen molar-refractivity contribution in [2.45, 2.75) is 6.92 Å². The molecule has 2 aromatic carbocycles. The van der Waals surface area contributed by atoms with Crippen LogP contribution in [0.15, 0.2) is 53.6 Å². The van der Waals surface area contributed by atoms with Gasteiger partial charge in [0, 0.05) is 5.02 Å². The van der Waals surface area contributed by atoms with Gasteiger partial charge in [-0.25, -0.2) is 4.98 Å². The minimum Gasteiger partial charge on any atom is -0.252 e. The van der Waals surface area contributed by atoms with Gasteiger partial charge in [-0.2, -0.15) is 5.10 Å². The summed E-state index contributed by atoms with van der Waals surface area (Å²) in [5.74, 6) is 0. The smallest absolute Gasteiger partial charge is 0.204 e. The molecule has 100 valence electrons. The number of fused-ring (bicyclic) bond motifs is 1. The minimum atomic E-state index is 0.706. The lowest BCUT2D eigenvalue weighted by atomic mass is 10.1. The van der Waals surface area contributed by atoms with Gasteiger partial charge in [0.25, 0.3) is 0 Å². The van der Waals surface area contributed by atoms with Gasteiger partial charge in [0.1, 0.15) is 0 Å². The molecule has 1 aromatic heterocycles. The monoisotopic (exact) mass is 301 g/mol. The van der Waals surface area contributed by atoms with Crippen LogP contribution >= 0.6 is 22.9 Å². The summed E-state index contributed by atoms with van der Waals surface area (Å²) in [5, 5.41) is 5.85. The molecule has 0 fully saturated rings. The second-order valence-corrected chi connectivity index (χ2v) is 5.77. The topological polar surface area (TPSA) is 37.3 Å². The highest BCUT2D eigenvalue weighted by Crippen LogP contribution is 2.25. The maximum Gasteiger partial charge on any atom is 0.204 e. The van der Waals surface area contributed by atoms with Crippen molar-refractivity contribution < 1.29 is 0 Å². The highest BCUT2D eigenvalue weighted by molar-refractivity contribution is 7.22. The summed E-state index contributed by atoms with van der Waals surface area (Å²) >= 11 is 7.56. The van der Waals surface area contributed by atoms with Crippen molar-refractivity contribution in [1.82, 2.24) is 4.98 Å². The molecule has 3 rings (SSSR count). The van der Waals surface area contributed by atoms with Gasteiger partial charge in [-0.3, -0.25) is 5.43 Å². The third kappa shape index (κ3) is 2.81. The van der Waals surface area contributed by atoms with Crippen molar-refractivity contribution in [3.63, 3.8) is 0 Å². The Morgan fingerprint density at radius 3 is 2.85 bits per heavy atom. The predicted molar refractivity (Wildman–Crippen MR) is 86.9 cm³/mol. The predicted octanol–water partition coefficient (Wildman–Crippen LogP) is 4.79. The van der Waals surface area contributed by atoms with Crippen LogP contribution in [0.5, 0.6) is 0 Å². The van der Waals surface area contributed by atoms with Crippen LogP contribution in [0.2, 0.25) is 5.02 Å². The summed E-state index contributed by atoms with van der Waals surface area (Å²) in [7, 11) is 0. The number of nitrogens with one attached hydrogen (secondary N) is 1. The molecule has 3 nitrogen and oxygen atoms in total. The lowest BCUT2D eigenvalue weighted by Crippen LogP contribution is -1.99. The first-order valence-electron chi connectivity index (χ1n) is 6.14. The van der Waals surface area contributed by atoms with Gasteiger partial charge in [-0.1, -0.05) is 47.2 Å². The average molecular weight is 302 g/mol. The molecule has 0 aliphatic heterocycles. The molecule has 0 atom stereocenters. The molecule has 0 aliphatic rings. The van der Waals surface area contributed by atoms with Gasteiger partial charge in [0.2, 0.25) is 5.13 Å². The van der Waals surface area contributed by atoms with E-state index in [-0.39, 0.29) is 0 Å². The number of anilines is 1. The summed E-state index contributed by atoms with van der Waals surface area (Å²) in [5.41, 5.74) is 5.85. The normalized spacial score (nSPS) is 11.8. The number of aromatic nitrogens is 1. The Kier molecular flexibility index (Phi) is 3.67. The molecule has 0 saturated carbocycles. The first kappa shape index (κ1) is 13.1. The first-order chi connectivity index (χ1) is 9.72. The number of para-hydroxylation sites is 1. The Hall–Kier alpha value is -1.91. The summed E-state index contributed by atoms with van der Waals surface area (Å²) in [4.78, 5) is 4.47. The van der Waals surface area contributed by atoms with Crippen LogP contribution < -0.4 is 5.43 Å². The number of thiazole rings is 1. The Balaban J connectivity index is 1.82. The van der Waals surface area contributed by atoms with E-state index < -0.39 is 0 Å². The lowest BCUT2D eigenvalue weighted by Gasteiger charge is -2.01. The molecule has 0 radical (unpaired) electrons. The number of benzene rings is 2. The number of hydrogen-bond acceptors (Lipinski definition) is 4. The molecular weight excluding hydrogens is 290 g/mol. The highest BCUT2D eigenvalue weighted by Gasteiger charge is 2.02. The molecule has 1 N–H and O–H groups in total. The van der Waals surface area contributed by atoms with Gasteiger partial charge >= 0.3 is 0 Å². The summed E-state index contributed by atoms with van der Waals surface area (Å²) in [6, 6.07) is 15.6. The Bertz CT molecular complexity index is 746. The van der Waals surface area contributed by atoms with Crippen molar-refractivity contribution in [2.24, 2.45) is 5.10 Å². The quantitative estimate of drug-likeness (QED) is 0.558. The minimum absolute atomic E-state index is 0.706. The van der Waals surface area contributed by atoms with E-state index in [1.165, 1.54) is 0 Å². The van der Waals surface area contributed by atoms with Crippen molar-refractivity contribution in [3.05, 3.63) is 59.1 Å². The zero-order valence-electron chi connectivity index (χ0n) is 10.8. The largest absolute Gasteiger partial charge is 0.252 e. The molecule has 0 aliphatic carbocycles. The number of hydrogen-bond donors (Lipinski definition) is 1. The van der Waals surface area contributed by atoms with E-state index in [0.29, 0.717) is 5.02 Å². The fourth-order valence-corrected chi connectivity index (χ4v) is 2.83. The Morgan fingerprint density at radius 2 is 2.05 bits per heavy atom. The molecular formula is C15H12ClN3S.